The Hall–Kier alpha value is -10.3. The van der Waals surface area contributed by atoms with Gasteiger partial charge in [0.05, 0.1) is 61.6 Å². The molecule has 97 heavy (non-hydrogen) atoms. The molecular formula is C50H66BN24O22. The van der Waals surface area contributed by atoms with Gasteiger partial charge in [-0.25, -0.2) is 4.79 Å². The van der Waals surface area contributed by atoms with E-state index in [4.69, 9.17) is 71.1 Å². The van der Waals surface area contributed by atoms with E-state index in [1.165, 1.54) is 24.3 Å². The molecular weight excluding hydrogens is 1300 g/mol. The van der Waals surface area contributed by atoms with Crippen LogP contribution in [-0.4, -0.2) is 217 Å². The van der Waals surface area contributed by atoms with E-state index in [0.29, 0.717) is 0 Å². The monoisotopic (exact) mass is 1370 g/mol. The summed E-state index contributed by atoms with van der Waals surface area (Å²) < 4.78 is 91.2. The Morgan fingerprint density at radius 3 is 1.27 bits per heavy atom. The summed E-state index contributed by atoms with van der Waals surface area (Å²) >= 11 is 0. The zero-order valence-corrected chi connectivity index (χ0v) is 51.6. The first-order valence-corrected chi connectivity index (χ1v) is 28.4. The minimum Gasteiger partial charge on any atom is -0.459 e. The summed E-state index contributed by atoms with van der Waals surface area (Å²) in [4.78, 5) is 114. The molecule has 1 saturated carbocycles. The Morgan fingerprint density at radius 2 is 0.814 bits per heavy atom. The minimum absolute atomic E-state index is 0. The van der Waals surface area contributed by atoms with E-state index in [9.17, 15) is 77.8 Å². The van der Waals surface area contributed by atoms with Gasteiger partial charge >= 0.3 is 41.8 Å². The van der Waals surface area contributed by atoms with Crippen molar-refractivity contribution in [2.75, 3.05) is 19.7 Å². The molecule has 4 aliphatic heterocycles. The second-order valence-corrected chi connectivity index (χ2v) is 20.8. The van der Waals surface area contributed by atoms with E-state index in [-0.39, 0.29) is 29.3 Å². The van der Waals surface area contributed by atoms with Crippen LogP contribution in [0.3, 0.4) is 0 Å². The first kappa shape index (κ1) is 79.2. The van der Waals surface area contributed by atoms with Crippen LogP contribution in [-0.2, 0) is 99.8 Å². The summed E-state index contributed by atoms with van der Waals surface area (Å²) in [6, 6.07) is -2.71. The van der Waals surface area contributed by atoms with E-state index < -0.39 is 215 Å². The number of benzene rings is 1. The van der Waals surface area contributed by atoms with Crippen LogP contribution in [0.4, 0.5) is 0 Å². The third-order valence-corrected chi connectivity index (χ3v) is 14.6. The van der Waals surface area contributed by atoms with E-state index >= 15 is 0 Å². The highest BCUT2D eigenvalue weighted by atomic mass is 16.8. The van der Waals surface area contributed by atoms with Crippen molar-refractivity contribution in [2.45, 2.75) is 216 Å². The van der Waals surface area contributed by atoms with Gasteiger partial charge in [-0.15, -0.1) is 0 Å². The number of carbonyl (C=O) groups excluding carboxylic acids is 7. The third-order valence-electron chi connectivity index (χ3n) is 14.6. The minimum atomic E-state index is -2.23. The molecule has 1 aromatic rings. The van der Waals surface area contributed by atoms with Gasteiger partial charge in [0, 0.05) is 90.7 Å². The SMILES string of the molecule is C.CCC1O[C@@H](OC[C@H]2O[C@@H](O[C@@H]3C(OC(C)=O)[C@H](N=[N+]=[N-])CC(N=[N+]=[N-])[C@H]3O[C@H]3OC(CN=[N+]=[N-])[C@@H](OC(C)=O)[C@H](OC(C)=O)C3N=[N+]=[N-])C(OC(C)=O)[C@H]2O[C@H]2O[C@@H](CN=[N+]=[N-])[C@@H](OC(C)=O)C(OC(C)=O)C2N=[N+]=[N-])C(OC(=O)c2ccccc2)[C@@H](N=[N+]=[N-])[C@@H]1N=[N+]=[N-].[2HH].[B]. The number of carbonyl (C=O) groups is 7. The molecule has 5 aliphatic rings. The van der Waals surface area contributed by atoms with Crippen LogP contribution < -0.4 is 0 Å². The molecule has 0 bridgehead atoms. The first-order chi connectivity index (χ1) is 45.6. The van der Waals surface area contributed by atoms with Gasteiger partial charge in [-0.2, -0.15) is 0 Å². The zero-order valence-electron chi connectivity index (χ0n) is 51.6. The molecule has 4 saturated heterocycles. The fourth-order valence-electron chi connectivity index (χ4n) is 11.1. The van der Waals surface area contributed by atoms with Crippen LogP contribution in [0.15, 0.2) is 71.2 Å². The Balaban J connectivity index is 0.00000833. The van der Waals surface area contributed by atoms with Gasteiger partial charge in [0.15, 0.2) is 61.8 Å². The highest BCUT2D eigenvalue weighted by Crippen LogP contribution is 2.42. The number of esters is 7. The van der Waals surface area contributed by atoms with Crippen LogP contribution in [0.1, 0.15) is 80.5 Å². The van der Waals surface area contributed by atoms with Gasteiger partial charge in [0.1, 0.15) is 48.7 Å². The first-order valence-electron chi connectivity index (χ1n) is 28.4. The number of azide groups is 8. The number of nitrogens with zero attached hydrogens (tertiary/aromatic N) is 24. The lowest BCUT2D eigenvalue weighted by Crippen LogP contribution is -2.65. The molecule has 1 aromatic carbocycles. The quantitative estimate of drug-likeness (QED) is 0.0206. The smallest absolute Gasteiger partial charge is 0.338 e. The lowest BCUT2D eigenvalue weighted by atomic mass is 9.83. The maximum Gasteiger partial charge on any atom is 0.338 e. The highest BCUT2D eigenvalue weighted by Gasteiger charge is 2.60. The number of hydrogen-bond acceptors (Lipinski definition) is 30. The summed E-state index contributed by atoms with van der Waals surface area (Å²) in [6.45, 7) is 4.85. The second kappa shape index (κ2) is 38.3. The third kappa shape index (κ3) is 20.6. The number of rotatable bonds is 28. The molecule has 521 valence electrons. The van der Waals surface area contributed by atoms with Crippen molar-refractivity contribution in [3.8, 4) is 0 Å². The molecule has 1 aliphatic carbocycles. The standard InChI is InChI=1S/C49H60N24O22.CH4.B.H2/c1-8-27-31(62-70-54)32(63-71-55)42(92-45(80)24-12-10-9-11-13-24)48(88-27)81-17-30-39(94-47-34(65-73-57)41(86-22(6)78)38(84-20(4)76)29(90-47)16-59-67-51)44(87-23(7)79)49(91-30)95-43-35(82-18(2)74)25(60-68-52)14-26(61-69-53)36(43)93-46-33(64-72-56)40(85-21(5)77)37(83-19(3)75)28(89-46)15-58-66-50;;;/h9-13,25-44,46-49H,8,14-17H2,1-7H3;1H4;;1H/t25-,26?,27?,28?,29+,30-,31-,32+,33?,34?,35?,36-,37-,38-,39+,40-,41?,42?,43-,44?,46-,47-,48-,49+;;;/m1.../s1/i;;;1+1. The normalized spacial score (nSPS) is 32.9. The van der Waals surface area contributed by atoms with Gasteiger partial charge in [-0.3, -0.25) is 28.8 Å². The van der Waals surface area contributed by atoms with Crippen molar-refractivity contribution in [1.82, 2.24) is 0 Å². The predicted octanol–water partition coefficient (Wildman–Crippen LogP) is 6.88. The maximum absolute atomic E-state index is 13.9. The van der Waals surface area contributed by atoms with Crippen molar-refractivity contribution in [1.29, 1.82) is 0 Å². The topological polar surface area (TPSA) is 648 Å². The Labute approximate surface area is 550 Å². The lowest BCUT2D eigenvalue weighted by molar-refractivity contribution is -0.310. The average molecular weight is 1370 g/mol. The zero-order chi connectivity index (χ0) is 69.5. The number of hydrogen-bond donors (Lipinski definition) is 0. The highest BCUT2D eigenvalue weighted by molar-refractivity contribution is 5.89. The van der Waals surface area contributed by atoms with Gasteiger partial charge in [-0.05, 0) is 69.2 Å². The maximum atomic E-state index is 13.9. The van der Waals surface area contributed by atoms with Gasteiger partial charge < -0.3 is 71.1 Å². The lowest BCUT2D eigenvalue weighted by Gasteiger charge is -2.48. The largest absolute Gasteiger partial charge is 0.459 e. The molecule has 4 heterocycles. The van der Waals surface area contributed by atoms with Crippen molar-refractivity contribution in [3.63, 3.8) is 0 Å². The molecule has 0 amide bonds. The molecule has 47 heteroatoms. The molecule has 0 N–H and O–H groups in total. The predicted molar refractivity (Wildman–Crippen MR) is 319 cm³/mol. The Kier molecular flexibility index (Phi) is 31.3. The van der Waals surface area contributed by atoms with Crippen molar-refractivity contribution < 1.29 is 106 Å². The van der Waals surface area contributed by atoms with Crippen molar-refractivity contribution in [2.24, 2.45) is 40.9 Å². The summed E-state index contributed by atoms with van der Waals surface area (Å²) in [6.07, 6.45) is -34.2. The van der Waals surface area contributed by atoms with Gasteiger partial charge in [-0.1, -0.05) is 73.5 Å². The second-order valence-electron chi connectivity index (χ2n) is 20.8. The molecule has 9 unspecified atom stereocenters. The molecule has 0 spiro atoms. The molecule has 0 aromatic heterocycles. The van der Waals surface area contributed by atoms with E-state index in [1.54, 1.807) is 13.0 Å². The molecule has 24 atom stereocenters. The van der Waals surface area contributed by atoms with E-state index in [1.807, 2.05) is 0 Å². The number of ether oxygens (including phenoxy) is 15. The van der Waals surface area contributed by atoms with E-state index in [0.717, 1.165) is 41.5 Å². The molecule has 5 fully saturated rings. The molecule has 3 radical (unpaired) electrons. The van der Waals surface area contributed by atoms with Gasteiger partial charge in [0.25, 0.3) is 0 Å². The van der Waals surface area contributed by atoms with Crippen molar-refractivity contribution >= 4 is 50.2 Å². The fraction of sp³-hybridized carbons (Fsp3) is 0.740. The summed E-state index contributed by atoms with van der Waals surface area (Å²) in [5.41, 5.74) is 78.5. The Bertz CT molecular complexity index is 3390. The summed E-state index contributed by atoms with van der Waals surface area (Å²) in [5.74, 6) is -7.38. The van der Waals surface area contributed by atoms with E-state index in [2.05, 4.69) is 80.2 Å². The van der Waals surface area contributed by atoms with Gasteiger partial charge in [0.2, 0.25) is 0 Å². The molecule has 46 nitrogen and oxygen atoms in total. The summed E-state index contributed by atoms with van der Waals surface area (Å²) in [5, 5.41) is 29.8. The fourth-order valence-corrected chi connectivity index (χ4v) is 11.1. The van der Waals surface area contributed by atoms with Crippen molar-refractivity contribution in [3.05, 3.63) is 119 Å². The van der Waals surface area contributed by atoms with Crippen LogP contribution in [0, 0.1) is 0 Å². The van der Waals surface area contributed by atoms with Crippen LogP contribution in [0.2, 0.25) is 0 Å². The van der Waals surface area contributed by atoms with Crippen LogP contribution in [0.5, 0.6) is 0 Å². The average Bonchev–Trinajstić information content (AvgIpc) is 1.71. The van der Waals surface area contributed by atoms with Crippen LogP contribution in [0.25, 0.3) is 83.5 Å². The molecule has 6 rings (SSSR count). The Morgan fingerprint density at radius 1 is 0.423 bits per heavy atom. The summed E-state index contributed by atoms with van der Waals surface area (Å²) in [7, 11) is 0. The van der Waals surface area contributed by atoms with Crippen LogP contribution >= 0.6 is 0 Å².